The number of hydrogen-bond acceptors (Lipinski definition) is 5. The van der Waals surface area contributed by atoms with E-state index in [1.54, 1.807) is 60.5 Å². The Morgan fingerprint density at radius 1 is 0.938 bits per heavy atom. The summed E-state index contributed by atoms with van der Waals surface area (Å²) in [5, 5.41) is 21.6. The van der Waals surface area contributed by atoms with Crippen LogP contribution in [0.5, 0.6) is 5.75 Å². The SMILES string of the molecule is CN(c1ccccc1N1CCN(C(=O)c2ccc(Cl)cc2)CC1)C(O)c1ccccc1O. The van der Waals surface area contributed by atoms with Gasteiger partial charge in [-0.15, -0.1) is 0 Å². The number of phenols is 1. The fourth-order valence-corrected chi connectivity index (χ4v) is 4.13. The molecule has 1 aliphatic rings. The number of rotatable bonds is 5. The second kappa shape index (κ2) is 9.51. The molecule has 3 aromatic carbocycles. The number of nitrogens with zero attached hydrogens (tertiary/aromatic N) is 3. The molecule has 166 valence electrons. The average Bonchev–Trinajstić information content (AvgIpc) is 2.83. The zero-order valence-electron chi connectivity index (χ0n) is 17.9. The van der Waals surface area contributed by atoms with Crippen molar-refractivity contribution in [1.29, 1.82) is 0 Å². The molecule has 0 bridgehead atoms. The van der Waals surface area contributed by atoms with Gasteiger partial charge in [0.1, 0.15) is 5.75 Å². The third kappa shape index (κ3) is 4.52. The van der Waals surface area contributed by atoms with Crippen LogP contribution >= 0.6 is 11.6 Å². The lowest BCUT2D eigenvalue weighted by Gasteiger charge is -2.38. The molecule has 0 aromatic heterocycles. The van der Waals surface area contributed by atoms with Crippen molar-refractivity contribution in [3.8, 4) is 5.75 Å². The molecule has 7 heteroatoms. The van der Waals surface area contributed by atoms with E-state index >= 15 is 0 Å². The first-order valence-corrected chi connectivity index (χ1v) is 10.9. The maximum Gasteiger partial charge on any atom is 0.253 e. The first-order valence-electron chi connectivity index (χ1n) is 10.5. The van der Waals surface area contributed by atoms with Gasteiger partial charge in [-0.25, -0.2) is 0 Å². The van der Waals surface area contributed by atoms with Crippen molar-refractivity contribution in [3.05, 3.63) is 88.9 Å². The third-order valence-corrected chi connectivity index (χ3v) is 6.09. The minimum atomic E-state index is -0.995. The summed E-state index contributed by atoms with van der Waals surface area (Å²) in [4.78, 5) is 18.6. The molecule has 1 heterocycles. The van der Waals surface area contributed by atoms with Gasteiger partial charge in [-0.05, 0) is 42.5 Å². The number of halogens is 1. The molecule has 0 spiro atoms. The zero-order valence-corrected chi connectivity index (χ0v) is 18.6. The van der Waals surface area contributed by atoms with E-state index in [2.05, 4.69) is 4.90 Å². The molecule has 0 radical (unpaired) electrons. The molecule has 1 fully saturated rings. The number of carbonyl (C=O) groups excluding carboxylic acids is 1. The van der Waals surface area contributed by atoms with Crippen molar-refractivity contribution >= 4 is 28.9 Å². The number of carbonyl (C=O) groups is 1. The molecule has 1 unspecified atom stereocenters. The number of amides is 1. The lowest BCUT2D eigenvalue weighted by atomic mass is 10.1. The number of aliphatic hydroxyl groups is 1. The fourth-order valence-electron chi connectivity index (χ4n) is 4.00. The molecule has 4 rings (SSSR count). The van der Waals surface area contributed by atoms with Crippen LogP contribution in [0.3, 0.4) is 0 Å². The van der Waals surface area contributed by atoms with Gasteiger partial charge in [0.2, 0.25) is 0 Å². The topological polar surface area (TPSA) is 67.2 Å². The van der Waals surface area contributed by atoms with Crippen LogP contribution in [0.15, 0.2) is 72.8 Å². The third-order valence-electron chi connectivity index (χ3n) is 5.84. The summed E-state index contributed by atoms with van der Waals surface area (Å²) < 4.78 is 0. The summed E-state index contributed by atoms with van der Waals surface area (Å²) in [5.74, 6) is 0.0559. The number of benzene rings is 3. The number of anilines is 2. The number of aliphatic hydroxyl groups excluding tert-OH is 1. The van der Waals surface area contributed by atoms with Gasteiger partial charge >= 0.3 is 0 Å². The van der Waals surface area contributed by atoms with E-state index in [-0.39, 0.29) is 11.7 Å². The molecular weight excluding hydrogens is 426 g/mol. The molecule has 1 aliphatic heterocycles. The first kappa shape index (κ1) is 22.0. The summed E-state index contributed by atoms with van der Waals surface area (Å²) in [6.07, 6.45) is -0.995. The van der Waals surface area contributed by atoms with Gasteiger partial charge in [-0.2, -0.15) is 0 Å². The molecule has 2 N–H and O–H groups in total. The Labute approximate surface area is 192 Å². The predicted molar refractivity (Wildman–Crippen MR) is 127 cm³/mol. The molecule has 0 saturated carbocycles. The number of para-hydroxylation sites is 3. The second-order valence-corrected chi connectivity index (χ2v) is 8.25. The summed E-state index contributed by atoms with van der Waals surface area (Å²) >= 11 is 5.93. The maximum absolute atomic E-state index is 12.8. The fraction of sp³-hybridized carbons (Fsp3) is 0.240. The van der Waals surface area contributed by atoms with Crippen molar-refractivity contribution in [1.82, 2.24) is 4.90 Å². The quantitative estimate of drug-likeness (QED) is 0.571. The van der Waals surface area contributed by atoms with Crippen LogP contribution in [0.25, 0.3) is 0 Å². The summed E-state index contributed by atoms with van der Waals surface area (Å²) in [6, 6.07) is 21.6. The van der Waals surface area contributed by atoms with E-state index in [0.717, 1.165) is 11.4 Å². The van der Waals surface area contributed by atoms with Crippen LogP contribution < -0.4 is 9.80 Å². The molecule has 1 amide bonds. The minimum Gasteiger partial charge on any atom is -0.507 e. The van der Waals surface area contributed by atoms with Crippen LogP contribution in [-0.4, -0.2) is 54.2 Å². The van der Waals surface area contributed by atoms with Crippen molar-refractivity contribution < 1.29 is 15.0 Å². The van der Waals surface area contributed by atoms with E-state index in [4.69, 9.17) is 11.6 Å². The van der Waals surface area contributed by atoms with Crippen LogP contribution in [0, 0.1) is 0 Å². The van der Waals surface area contributed by atoms with Crippen molar-refractivity contribution in [2.24, 2.45) is 0 Å². The van der Waals surface area contributed by atoms with E-state index < -0.39 is 6.23 Å². The Balaban J connectivity index is 1.48. The van der Waals surface area contributed by atoms with Crippen molar-refractivity contribution in [2.45, 2.75) is 6.23 Å². The molecule has 3 aromatic rings. The van der Waals surface area contributed by atoms with Gasteiger partial charge in [0.05, 0.1) is 11.4 Å². The first-order chi connectivity index (χ1) is 15.5. The normalized spacial score (nSPS) is 14.8. The van der Waals surface area contributed by atoms with E-state index in [1.807, 2.05) is 29.2 Å². The Kier molecular flexibility index (Phi) is 6.53. The van der Waals surface area contributed by atoms with Crippen LogP contribution in [0.2, 0.25) is 5.02 Å². The van der Waals surface area contributed by atoms with Crippen LogP contribution in [0.1, 0.15) is 22.1 Å². The van der Waals surface area contributed by atoms with Gasteiger partial charge < -0.3 is 24.9 Å². The monoisotopic (exact) mass is 451 g/mol. The minimum absolute atomic E-state index is 0.00157. The maximum atomic E-state index is 12.8. The lowest BCUT2D eigenvalue weighted by Crippen LogP contribution is -2.49. The number of piperazine rings is 1. The van der Waals surface area contributed by atoms with E-state index in [0.29, 0.717) is 42.3 Å². The Hall–Kier alpha value is -3.22. The lowest BCUT2D eigenvalue weighted by molar-refractivity contribution is 0.0747. The summed E-state index contributed by atoms with van der Waals surface area (Å²) in [7, 11) is 1.80. The number of hydrogen-bond donors (Lipinski definition) is 2. The standard InChI is InChI=1S/C25H26ClN3O3/c1-27(25(32)20-6-2-5-9-23(20)30)21-7-3-4-8-22(21)28-14-16-29(17-15-28)24(31)18-10-12-19(26)13-11-18/h2-13,25,30,32H,14-17H2,1H3. The highest BCUT2D eigenvalue weighted by Crippen LogP contribution is 2.35. The Morgan fingerprint density at radius 3 is 2.25 bits per heavy atom. The predicted octanol–water partition coefficient (Wildman–Crippen LogP) is 4.14. The molecular formula is C25H26ClN3O3. The second-order valence-electron chi connectivity index (χ2n) is 7.82. The highest BCUT2D eigenvalue weighted by atomic mass is 35.5. The molecule has 1 atom stereocenters. The van der Waals surface area contributed by atoms with Crippen LogP contribution in [-0.2, 0) is 0 Å². The molecule has 32 heavy (non-hydrogen) atoms. The van der Waals surface area contributed by atoms with Crippen molar-refractivity contribution in [3.63, 3.8) is 0 Å². The largest absolute Gasteiger partial charge is 0.507 e. The highest BCUT2D eigenvalue weighted by Gasteiger charge is 2.26. The van der Waals surface area contributed by atoms with Gasteiger partial charge in [-0.1, -0.05) is 41.9 Å². The van der Waals surface area contributed by atoms with E-state index in [9.17, 15) is 15.0 Å². The molecule has 1 saturated heterocycles. The van der Waals surface area contributed by atoms with Gasteiger partial charge in [0.25, 0.3) is 5.91 Å². The molecule has 0 aliphatic carbocycles. The Bertz CT molecular complexity index is 1080. The zero-order chi connectivity index (χ0) is 22.7. The highest BCUT2D eigenvalue weighted by molar-refractivity contribution is 6.30. The van der Waals surface area contributed by atoms with Crippen LogP contribution in [0.4, 0.5) is 11.4 Å². The van der Waals surface area contributed by atoms with Gasteiger partial charge in [-0.3, -0.25) is 4.79 Å². The Morgan fingerprint density at radius 2 is 1.56 bits per heavy atom. The molecule has 6 nitrogen and oxygen atoms in total. The summed E-state index contributed by atoms with van der Waals surface area (Å²) in [5.41, 5.74) is 2.90. The smallest absolute Gasteiger partial charge is 0.253 e. The van der Waals surface area contributed by atoms with Gasteiger partial charge in [0, 0.05) is 49.4 Å². The van der Waals surface area contributed by atoms with E-state index in [1.165, 1.54) is 0 Å². The number of phenolic OH excluding ortho intramolecular Hbond substituents is 1. The average molecular weight is 452 g/mol. The number of aromatic hydroxyl groups is 1. The van der Waals surface area contributed by atoms with Crippen molar-refractivity contribution in [2.75, 3.05) is 43.0 Å². The van der Waals surface area contributed by atoms with Gasteiger partial charge in [0.15, 0.2) is 6.23 Å². The summed E-state index contributed by atoms with van der Waals surface area (Å²) in [6.45, 7) is 2.55.